The Balaban J connectivity index is 1.69. The zero-order valence-electron chi connectivity index (χ0n) is 11.0. The average Bonchev–Trinajstić information content (AvgIpc) is 2.47. The number of hydrogen-bond donors (Lipinski definition) is 2. The summed E-state index contributed by atoms with van der Waals surface area (Å²) in [7, 11) is 1.71. The Kier molecular flexibility index (Phi) is 3.52. The molecular formula is C15H22N2O. The molecule has 3 rings (SSSR count). The lowest BCUT2D eigenvalue weighted by molar-refractivity contribution is 0.213. The van der Waals surface area contributed by atoms with Gasteiger partial charge in [-0.3, -0.25) is 0 Å². The molecule has 0 bridgehead atoms. The predicted molar refractivity (Wildman–Crippen MR) is 72.9 cm³/mol. The lowest BCUT2D eigenvalue weighted by Gasteiger charge is -2.41. The van der Waals surface area contributed by atoms with E-state index in [4.69, 9.17) is 4.74 Å². The first-order valence-corrected chi connectivity index (χ1v) is 7.00. The Morgan fingerprint density at radius 3 is 2.50 bits per heavy atom. The average molecular weight is 246 g/mol. The fourth-order valence-electron chi connectivity index (χ4n) is 3.21. The van der Waals surface area contributed by atoms with E-state index in [1.54, 1.807) is 7.11 Å². The molecule has 2 fully saturated rings. The van der Waals surface area contributed by atoms with Gasteiger partial charge in [-0.15, -0.1) is 0 Å². The monoisotopic (exact) mass is 246 g/mol. The van der Waals surface area contributed by atoms with E-state index >= 15 is 0 Å². The van der Waals surface area contributed by atoms with E-state index in [0.29, 0.717) is 18.1 Å². The minimum absolute atomic E-state index is 0.440. The van der Waals surface area contributed by atoms with Gasteiger partial charge < -0.3 is 15.4 Å². The summed E-state index contributed by atoms with van der Waals surface area (Å²) in [5, 5.41) is 7.51. The fraction of sp³-hybridized carbons (Fsp3) is 0.600. The van der Waals surface area contributed by atoms with Gasteiger partial charge in [0.2, 0.25) is 0 Å². The van der Waals surface area contributed by atoms with Gasteiger partial charge in [0, 0.05) is 24.7 Å². The SMILES string of the molecule is COc1ccc(C2CNC3CCCCC3N2)cc1. The molecule has 1 heterocycles. The molecule has 1 aliphatic heterocycles. The maximum Gasteiger partial charge on any atom is 0.118 e. The highest BCUT2D eigenvalue weighted by Gasteiger charge is 2.31. The summed E-state index contributed by atoms with van der Waals surface area (Å²) in [6.45, 7) is 1.04. The van der Waals surface area contributed by atoms with Gasteiger partial charge in [-0.1, -0.05) is 25.0 Å². The molecule has 0 spiro atoms. The van der Waals surface area contributed by atoms with Crippen molar-refractivity contribution in [2.45, 2.75) is 43.8 Å². The molecule has 2 aliphatic rings. The second-order valence-electron chi connectivity index (χ2n) is 5.40. The maximum atomic E-state index is 5.21. The Bertz CT molecular complexity index is 390. The van der Waals surface area contributed by atoms with Gasteiger partial charge in [0.25, 0.3) is 0 Å². The molecular weight excluding hydrogens is 224 g/mol. The van der Waals surface area contributed by atoms with Crippen LogP contribution in [0.2, 0.25) is 0 Å². The highest BCUT2D eigenvalue weighted by atomic mass is 16.5. The van der Waals surface area contributed by atoms with Crippen LogP contribution in [0.5, 0.6) is 5.75 Å². The van der Waals surface area contributed by atoms with Crippen molar-refractivity contribution < 1.29 is 4.74 Å². The maximum absolute atomic E-state index is 5.21. The molecule has 1 saturated carbocycles. The lowest BCUT2D eigenvalue weighted by atomic mass is 9.87. The summed E-state index contributed by atoms with van der Waals surface area (Å²) in [6, 6.07) is 10.2. The summed E-state index contributed by atoms with van der Waals surface area (Å²) in [5.74, 6) is 0.929. The molecule has 3 heteroatoms. The Morgan fingerprint density at radius 2 is 1.78 bits per heavy atom. The third-order valence-corrected chi connectivity index (χ3v) is 4.28. The minimum Gasteiger partial charge on any atom is -0.497 e. The smallest absolute Gasteiger partial charge is 0.118 e. The molecule has 1 aromatic carbocycles. The van der Waals surface area contributed by atoms with Crippen molar-refractivity contribution in [3.8, 4) is 5.75 Å². The van der Waals surface area contributed by atoms with Crippen LogP contribution in [0, 0.1) is 0 Å². The van der Waals surface area contributed by atoms with Crippen molar-refractivity contribution in [2.75, 3.05) is 13.7 Å². The largest absolute Gasteiger partial charge is 0.497 e. The van der Waals surface area contributed by atoms with E-state index in [2.05, 4.69) is 22.8 Å². The number of nitrogens with one attached hydrogen (secondary N) is 2. The standard InChI is InChI=1S/C15H22N2O/c1-18-12-8-6-11(7-9-12)15-10-16-13-4-2-3-5-14(13)17-15/h6-9,13-17H,2-5,10H2,1H3. The molecule has 1 aliphatic carbocycles. The zero-order valence-corrected chi connectivity index (χ0v) is 11.0. The first-order valence-electron chi connectivity index (χ1n) is 7.00. The van der Waals surface area contributed by atoms with Crippen molar-refractivity contribution in [3.63, 3.8) is 0 Å². The number of fused-ring (bicyclic) bond motifs is 1. The third-order valence-electron chi connectivity index (χ3n) is 4.28. The first kappa shape index (κ1) is 12.0. The molecule has 1 saturated heterocycles. The Hall–Kier alpha value is -1.06. The van der Waals surface area contributed by atoms with E-state index in [1.165, 1.54) is 31.2 Å². The third kappa shape index (κ3) is 2.38. The molecule has 2 N–H and O–H groups in total. The predicted octanol–water partition coefficient (Wildman–Crippen LogP) is 2.24. The van der Waals surface area contributed by atoms with Crippen LogP contribution in [0.1, 0.15) is 37.3 Å². The van der Waals surface area contributed by atoms with Gasteiger partial charge in [-0.2, -0.15) is 0 Å². The second kappa shape index (κ2) is 5.29. The quantitative estimate of drug-likeness (QED) is 0.839. The second-order valence-corrected chi connectivity index (χ2v) is 5.40. The normalized spacial score (nSPS) is 31.7. The van der Waals surface area contributed by atoms with E-state index in [-0.39, 0.29) is 0 Å². The molecule has 0 amide bonds. The van der Waals surface area contributed by atoms with Crippen LogP contribution in [-0.2, 0) is 0 Å². The van der Waals surface area contributed by atoms with Crippen molar-refractivity contribution in [2.24, 2.45) is 0 Å². The highest BCUT2D eigenvalue weighted by molar-refractivity contribution is 5.29. The minimum atomic E-state index is 0.440. The molecule has 98 valence electrons. The molecule has 0 radical (unpaired) electrons. The lowest BCUT2D eigenvalue weighted by Crippen LogP contribution is -2.58. The van der Waals surface area contributed by atoms with Gasteiger partial charge >= 0.3 is 0 Å². The Labute approximate surface area is 109 Å². The summed E-state index contributed by atoms with van der Waals surface area (Å²) >= 11 is 0. The molecule has 3 atom stereocenters. The molecule has 18 heavy (non-hydrogen) atoms. The number of methoxy groups -OCH3 is 1. The fourth-order valence-corrected chi connectivity index (χ4v) is 3.21. The van der Waals surface area contributed by atoms with Crippen molar-refractivity contribution in [1.82, 2.24) is 10.6 Å². The number of benzene rings is 1. The van der Waals surface area contributed by atoms with E-state index in [1.807, 2.05) is 12.1 Å². The van der Waals surface area contributed by atoms with Crippen molar-refractivity contribution in [1.29, 1.82) is 0 Å². The van der Waals surface area contributed by atoms with Crippen molar-refractivity contribution in [3.05, 3.63) is 29.8 Å². The number of rotatable bonds is 2. The van der Waals surface area contributed by atoms with Crippen LogP contribution in [0.4, 0.5) is 0 Å². The van der Waals surface area contributed by atoms with E-state index in [0.717, 1.165) is 12.3 Å². The zero-order chi connectivity index (χ0) is 12.4. The van der Waals surface area contributed by atoms with Gasteiger partial charge in [-0.25, -0.2) is 0 Å². The van der Waals surface area contributed by atoms with Crippen LogP contribution in [0.15, 0.2) is 24.3 Å². The van der Waals surface area contributed by atoms with Crippen LogP contribution in [-0.4, -0.2) is 25.7 Å². The molecule has 3 nitrogen and oxygen atoms in total. The highest BCUT2D eigenvalue weighted by Crippen LogP contribution is 2.26. The number of hydrogen-bond acceptors (Lipinski definition) is 3. The number of ether oxygens (including phenoxy) is 1. The van der Waals surface area contributed by atoms with Gasteiger partial charge in [0.05, 0.1) is 7.11 Å². The summed E-state index contributed by atoms with van der Waals surface area (Å²) in [6.07, 6.45) is 5.38. The van der Waals surface area contributed by atoms with Gasteiger partial charge in [0.1, 0.15) is 5.75 Å². The van der Waals surface area contributed by atoms with Gasteiger partial charge in [-0.05, 0) is 30.5 Å². The first-order chi connectivity index (χ1) is 8.86. The van der Waals surface area contributed by atoms with Crippen LogP contribution in [0.25, 0.3) is 0 Å². The van der Waals surface area contributed by atoms with E-state index in [9.17, 15) is 0 Å². The topological polar surface area (TPSA) is 33.3 Å². The van der Waals surface area contributed by atoms with Gasteiger partial charge in [0.15, 0.2) is 0 Å². The number of piperazine rings is 1. The summed E-state index contributed by atoms with van der Waals surface area (Å²) in [5.41, 5.74) is 1.35. The van der Waals surface area contributed by atoms with Crippen LogP contribution >= 0.6 is 0 Å². The van der Waals surface area contributed by atoms with Crippen LogP contribution in [0.3, 0.4) is 0 Å². The van der Waals surface area contributed by atoms with Crippen LogP contribution < -0.4 is 15.4 Å². The Morgan fingerprint density at radius 1 is 1.06 bits per heavy atom. The molecule has 3 unspecified atom stereocenters. The summed E-state index contributed by atoms with van der Waals surface area (Å²) in [4.78, 5) is 0. The summed E-state index contributed by atoms with van der Waals surface area (Å²) < 4.78 is 5.21. The van der Waals surface area contributed by atoms with Crippen molar-refractivity contribution >= 4 is 0 Å². The molecule has 0 aromatic heterocycles. The van der Waals surface area contributed by atoms with E-state index < -0.39 is 0 Å². The molecule has 1 aromatic rings.